The summed E-state index contributed by atoms with van der Waals surface area (Å²) in [4.78, 5) is 25.4. The smallest absolute Gasteiger partial charge is 0.276 e. The number of hydrogen-bond acceptors (Lipinski definition) is 5. The highest BCUT2D eigenvalue weighted by Gasteiger charge is 2.30. The number of carbonyl (C=O) groups is 1. The second kappa shape index (κ2) is 9.22. The number of hydrogen-bond donors (Lipinski definition) is 2. The fourth-order valence-corrected chi connectivity index (χ4v) is 3.64. The highest BCUT2D eigenvalue weighted by atomic mass is 79.9. The van der Waals surface area contributed by atoms with Crippen LogP contribution in [0.25, 0.3) is 11.3 Å². The maximum atomic E-state index is 12.6. The number of alkyl halides is 3. The van der Waals surface area contributed by atoms with E-state index in [1.165, 1.54) is 12.1 Å². The summed E-state index contributed by atoms with van der Waals surface area (Å²) in [5, 5.41) is 4.09. The highest BCUT2D eigenvalue weighted by molar-refractivity contribution is 9.10. The summed E-state index contributed by atoms with van der Waals surface area (Å²) in [6, 6.07) is 12.5. The molecular formula is C19H14BrF3N4O4S. The van der Waals surface area contributed by atoms with Gasteiger partial charge in [-0.2, -0.15) is 18.3 Å². The molecule has 1 aromatic heterocycles. The van der Waals surface area contributed by atoms with Gasteiger partial charge in [-0.05, 0) is 42.5 Å². The normalized spacial score (nSPS) is 11.9. The van der Waals surface area contributed by atoms with Crippen LogP contribution in [-0.2, 0) is 27.5 Å². The summed E-state index contributed by atoms with van der Waals surface area (Å²) >= 11 is 3.30. The van der Waals surface area contributed by atoms with Gasteiger partial charge in [-0.25, -0.2) is 13.1 Å². The van der Waals surface area contributed by atoms with Crippen molar-refractivity contribution in [1.82, 2.24) is 20.0 Å². The molecule has 32 heavy (non-hydrogen) atoms. The predicted molar refractivity (Wildman–Crippen MR) is 112 cm³/mol. The van der Waals surface area contributed by atoms with Gasteiger partial charge in [0.05, 0.1) is 16.2 Å². The van der Waals surface area contributed by atoms with E-state index in [4.69, 9.17) is 0 Å². The van der Waals surface area contributed by atoms with Crippen molar-refractivity contribution in [1.29, 1.82) is 0 Å². The molecule has 1 heterocycles. The molecule has 8 nitrogen and oxygen atoms in total. The maximum absolute atomic E-state index is 12.6. The van der Waals surface area contributed by atoms with E-state index in [0.29, 0.717) is 23.4 Å². The number of nitrogens with one attached hydrogen (secondary N) is 2. The summed E-state index contributed by atoms with van der Waals surface area (Å²) < 4.78 is 63.9. The molecular weight excluding hydrogens is 517 g/mol. The van der Waals surface area contributed by atoms with Crippen LogP contribution in [0.2, 0.25) is 0 Å². The van der Waals surface area contributed by atoms with Crippen LogP contribution in [0, 0.1) is 0 Å². The molecule has 3 rings (SSSR count). The van der Waals surface area contributed by atoms with Gasteiger partial charge in [-0.3, -0.25) is 15.0 Å². The Labute approximate surface area is 188 Å². The van der Waals surface area contributed by atoms with Crippen LogP contribution in [0.5, 0.6) is 0 Å². The first-order chi connectivity index (χ1) is 15.0. The molecule has 0 aliphatic rings. The minimum atomic E-state index is -4.62. The van der Waals surface area contributed by atoms with Crippen LogP contribution < -0.4 is 15.8 Å². The number of hydrazine groups is 1. The largest absolute Gasteiger partial charge is 0.416 e. The third kappa shape index (κ3) is 5.81. The zero-order chi connectivity index (χ0) is 23.5. The quantitative estimate of drug-likeness (QED) is 0.476. The zero-order valence-corrected chi connectivity index (χ0v) is 18.3. The number of rotatable bonds is 6. The molecule has 0 unspecified atom stereocenters. The molecule has 13 heteroatoms. The number of benzene rings is 2. The molecule has 0 spiro atoms. The van der Waals surface area contributed by atoms with Crippen molar-refractivity contribution in [3.05, 3.63) is 81.1 Å². The first-order valence-electron chi connectivity index (χ1n) is 8.78. The van der Waals surface area contributed by atoms with E-state index in [1.807, 2.05) is 5.43 Å². The van der Waals surface area contributed by atoms with Gasteiger partial charge in [-0.15, -0.1) is 4.83 Å². The molecule has 0 atom stereocenters. The van der Waals surface area contributed by atoms with Gasteiger partial charge in [0.2, 0.25) is 0 Å². The molecule has 0 aliphatic carbocycles. The van der Waals surface area contributed by atoms with E-state index in [2.05, 4.69) is 21.0 Å². The third-order valence-corrected chi connectivity index (χ3v) is 5.91. The molecule has 168 valence electrons. The molecule has 0 bridgehead atoms. The lowest BCUT2D eigenvalue weighted by atomic mass is 10.1. The second-order valence-corrected chi connectivity index (χ2v) is 9.00. The molecule has 0 saturated heterocycles. The molecule has 0 saturated carbocycles. The molecule has 0 radical (unpaired) electrons. The van der Waals surface area contributed by atoms with Gasteiger partial charge in [0.25, 0.3) is 21.5 Å². The van der Waals surface area contributed by atoms with Crippen molar-refractivity contribution >= 4 is 31.9 Å². The Bertz CT molecular complexity index is 1290. The van der Waals surface area contributed by atoms with E-state index in [1.54, 1.807) is 29.1 Å². The molecule has 0 fully saturated rings. The van der Waals surface area contributed by atoms with Gasteiger partial charge in [-0.1, -0.05) is 28.1 Å². The topological polar surface area (TPSA) is 110 Å². The van der Waals surface area contributed by atoms with Crippen molar-refractivity contribution < 1.29 is 26.4 Å². The molecule has 3 aromatic rings. The Morgan fingerprint density at radius 3 is 2.22 bits per heavy atom. The molecule has 2 N–H and O–H groups in total. The van der Waals surface area contributed by atoms with Crippen molar-refractivity contribution in [2.24, 2.45) is 0 Å². The molecule has 0 aliphatic heterocycles. The Hall–Kier alpha value is -3.03. The van der Waals surface area contributed by atoms with Gasteiger partial charge in [0.1, 0.15) is 6.54 Å². The fourth-order valence-electron chi connectivity index (χ4n) is 2.52. The van der Waals surface area contributed by atoms with Gasteiger partial charge in [0.15, 0.2) is 0 Å². The number of carbonyl (C=O) groups excluding carboxylic acids is 1. The standard InChI is InChI=1S/C19H14BrF3N4O4S/c20-14-5-1-12(2-6-14)16-9-10-18(29)27(25-16)11-17(28)24-26-32(30,31)15-7-3-13(4-8-15)19(21,22)23/h1-10,26H,11H2,(H,24,28). The number of halogens is 4. The zero-order valence-electron chi connectivity index (χ0n) is 15.9. The van der Waals surface area contributed by atoms with Crippen LogP contribution in [0.3, 0.4) is 0 Å². The summed E-state index contributed by atoms with van der Waals surface area (Å²) in [6.45, 7) is -0.598. The highest BCUT2D eigenvalue weighted by Crippen LogP contribution is 2.29. The van der Waals surface area contributed by atoms with E-state index in [0.717, 1.165) is 21.3 Å². The Kier molecular flexibility index (Phi) is 6.81. The van der Waals surface area contributed by atoms with Crippen LogP contribution in [0.4, 0.5) is 13.2 Å². The number of aromatic nitrogens is 2. The van der Waals surface area contributed by atoms with Crippen LogP contribution in [0.15, 0.2) is 74.8 Å². The number of nitrogens with zero attached hydrogens (tertiary/aromatic N) is 2. The summed E-state index contributed by atoms with van der Waals surface area (Å²) in [5.74, 6) is -0.914. The summed E-state index contributed by atoms with van der Waals surface area (Å²) in [7, 11) is -4.34. The Balaban J connectivity index is 1.68. The summed E-state index contributed by atoms with van der Waals surface area (Å²) in [5.41, 5.74) is 1.39. The lowest BCUT2D eigenvalue weighted by Crippen LogP contribution is -2.44. The average molecular weight is 531 g/mol. The third-order valence-electron chi connectivity index (χ3n) is 4.12. The van der Waals surface area contributed by atoms with E-state index in [-0.39, 0.29) is 0 Å². The van der Waals surface area contributed by atoms with Gasteiger partial charge in [0, 0.05) is 16.1 Å². The lowest BCUT2D eigenvalue weighted by molar-refractivity contribution is -0.137. The van der Waals surface area contributed by atoms with Gasteiger partial charge >= 0.3 is 6.18 Å². The van der Waals surface area contributed by atoms with Crippen LogP contribution in [-0.4, -0.2) is 24.1 Å². The predicted octanol–water partition coefficient (Wildman–Crippen LogP) is 2.70. The van der Waals surface area contributed by atoms with Crippen molar-refractivity contribution in [3.63, 3.8) is 0 Å². The van der Waals surface area contributed by atoms with Crippen molar-refractivity contribution in [2.45, 2.75) is 17.6 Å². The maximum Gasteiger partial charge on any atom is 0.416 e. The second-order valence-electron chi connectivity index (χ2n) is 6.40. The monoisotopic (exact) mass is 530 g/mol. The van der Waals surface area contributed by atoms with E-state index in [9.17, 15) is 31.2 Å². The average Bonchev–Trinajstić information content (AvgIpc) is 2.74. The lowest BCUT2D eigenvalue weighted by Gasteiger charge is -2.11. The van der Waals surface area contributed by atoms with Crippen LogP contribution in [0.1, 0.15) is 5.56 Å². The van der Waals surface area contributed by atoms with Gasteiger partial charge < -0.3 is 0 Å². The first kappa shape index (κ1) is 23.6. The molecule has 2 aromatic carbocycles. The van der Waals surface area contributed by atoms with Crippen molar-refractivity contribution in [2.75, 3.05) is 0 Å². The Morgan fingerprint density at radius 2 is 1.62 bits per heavy atom. The minimum absolute atomic E-state index is 0.412. The first-order valence-corrected chi connectivity index (χ1v) is 11.1. The van der Waals surface area contributed by atoms with E-state index >= 15 is 0 Å². The van der Waals surface area contributed by atoms with Crippen molar-refractivity contribution in [3.8, 4) is 11.3 Å². The number of amides is 1. The minimum Gasteiger partial charge on any atom is -0.276 e. The van der Waals surface area contributed by atoms with E-state index < -0.39 is 44.7 Å². The Morgan fingerprint density at radius 1 is 1.00 bits per heavy atom. The molecule has 1 amide bonds. The SMILES string of the molecule is O=C(Cn1nc(-c2ccc(Br)cc2)ccc1=O)NNS(=O)(=O)c1ccc(C(F)(F)F)cc1. The fraction of sp³-hybridized carbons (Fsp3) is 0.105. The van der Waals surface area contributed by atoms with Crippen LogP contribution >= 0.6 is 15.9 Å². The summed E-state index contributed by atoms with van der Waals surface area (Å²) in [6.07, 6.45) is -4.62. The number of sulfonamides is 1.